The highest BCUT2D eigenvalue weighted by Crippen LogP contribution is 2.32. The number of anilines is 1. The Labute approximate surface area is 106 Å². The molecular formula is C10H11F2N5O2. The number of halogens is 2. The van der Waals surface area contributed by atoms with Crippen LogP contribution in [0, 0.1) is 6.08 Å². The van der Waals surface area contributed by atoms with Crippen molar-refractivity contribution in [3.05, 3.63) is 12.4 Å². The first kappa shape index (κ1) is 12.2. The molecule has 2 aromatic heterocycles. The molecule has 7 nitrogen and oxygen atoms in total. The zero-order valence-corrected chi connectivity index (χ0v) is 9.70. The van der Waals surface area contributed by atoms with Gasteiger partial charge in [0.05, 0.1) is 12.9 Å². The van der Waals surface area contributed by atoms with Crippen molar-refractivity contribution in [2.45, 2.75) is 24.9 Å². The number of aliphatic hydroxyl groups is 1. The molecule has 0 aliphatic carbocycles. The van der Waals surface area contributed by atoms with Crippen molar-refractivity contribution in [2.75, 3.05) is 12.3 Å². The van der Waals surface area contributed by atoms with E-state index in [0.717, 1.165) is 0 Å². The minimum atomic E-state index is -1.29. The van der Waals surface area contributed by atoms with Crippen LogP contribution in [-0.2, 0) is 4.74 Å². The molecule has 3 atom stereocenters. The van der Waals surface area contributed by atoms with E-state index in [0.29, 0.717) is 0 Å². The van der Waals surface area contributed by atoms with Crippen LogP contribution in [0.15, 0.2) is 6.33 Å². The van der Waals surface area contributed by atoms with Crippen molar-refractivity contribution in [1.82, 2.24) is 19.5 Å². The molecule has 0 saturated carbocycles. The maximum absolute atomic E-state index is 13.5. The number of aromatic nitrogens is 4. The molecule has 19 heavy (non-hydrogen) atoms. The van der Waals surface area contributed by atoms with Gasteiger partial charge in [-0.3, -0.25) is 4.57 Å². The summed E-state index contributed by atoms with van der Waals surface area (Å²) in [5.74, 6) is -0.0882. The number of aliphatic hydroxyl groups excluding tert-OH is 1. The van der Waals surface area contributed by atoms with Crippen molar-refractivity contribution >= 4 is 17.0 Å². The Morgan fingerprint density at radius 1 is 1.53 bits per heavy atom. The molecule has 3 N–H and O–H groups in total. The fraction of sp³-hybridized carbons (Fsp3) is 0.500. The van der Waals surface area contributed by atoms with E-state index in [1.807, 2.05) is 0 Å². The van der Waals surface area contributed by atoms with Crippen LogP contribution in [0.4, 0.5) is 14.6 Å². The molecule has 0 unspecified atom stereocenters. The Morgan fingerprint density at radius 3 is 3.00 bits per heavy atom. The molecule has 0 amide bonds. The lowest BCUT2D eigenvalue weighted by atomic mass is 10.2. The highest BCUT2D eigenvalue weighted by molar-refractivity contribution is 5.81. The van der Waals surface area contributed by atoms with E-state index >= 15 is 0 Å². The summed E-state index contributed by atoms with van der Waals surface area (Å²) in [5.41, 5.74) is 5.90. The van der Waals surface area contributed by atoms with E-state index < -0.39 is 31.2 Å². The van der Waals surface area contributed by atoms with Crippen molar-refractivity contribution in [1.29, 1.82) is 0 Å². The van der Waals surface area contributed by atoms with Crippen LogP contribution in [-0.4, -0.2) is 43.5 Å². The maximum Gasteiger partial charge on any atom is 0.312 e. The van der Waals surface area contributed by atoms with Gasteiger partial charge >= 0.3 is 6.08 Å². The van der Waals surface area contributed by atoms with Crippen LogP contribution in [0.5, 0.6) is 0 Å². The van der Waals surface area contributed by atoms with Crippen molar-refractivity contribution in [3.8, 4) is 0 Å². The average Bonchev–Trinajstić information content (AvgIpc) is 2.92. The van der Waals surface area contributed by atoms with Crippen LogP contribution < -0.4 is 5.73 Å². The highest BCUT2D eigenvalue weighted by atomic mass is 19.1. The zero-order valence-electron chi connectivity index (χ0n) is 9.70. The standard InChI is InChI=1S/C10H11F2N5O2/c11-4-1-6(19-5(4)2-18)17-3-14-7-8(13)15-10(12)16-9(7)17/h3-6,18H,1-2H2,(H2,13,15,16)/t4-,5+,6+/m0/s1. The second kappa shape index (κ2) is 4.35. The summed E-state index contributed by atoms with van der Waals surface area (Å²) in [7, 11) is 0. The summed E-state index contributed by atoms with van der Waals surface area (Å²) >= 11 is 0. The summed E-state index contributed by atoms with van der Waals surface area (Å²) in [4.78, 5) is 10.9. The maximum atomic E-state index is 13.5. The number of rotatable bonds is 2. The first-order valence-electron chi connectivity index (χ1n) is 5.66. The Kier molecular flexibility index (Phi) is 2.79. The molecule has 0 spiro atoms. The number of nitrogen functional groups attached to an aromatic ring is 1. The molecule has 0 aromatic carbocycles. The predicted octanol–water partition coefficient (Wildman–Crippen LogP) is 0.166. The summed E-state index contributed by atoms with van der Waals surface area (Å²) < 4.78 is 33.4. The average molecular weight is 271 g/mol. The fourth-order valence-electron chi connectivity index (χ4n) is 2.15. The third-order valence-electron chi connectivity index (χ3n) is 3.07. The molecule has 3 rings (SSSR count). The molecule has 1 aliphatic rings. The third kappa shape index (κ3) is 1.90. The van der Waals surface area contributed by atoms with Gasteiger partial charge in [-0.1, -0.05) is 0 Å². The highest BCUT2D eigenvalue weighted by Gasteiger charge is 2.36. The number of hydrogen-bond donors (Lipinski definition) is 2. The van der Waals surface area contributed by atoms with Gasteiger partial charge in [0.25, 0.3) is 0 Å². The van der Waals surface area contributed by atoms with Gasteiger partial charge in [-0.25, -0.2) is 9.37 Å². The van der Waals surface area contributed by atoms with Crippen molar-refractivity contribution < 1.29 is 18.6 Å². The third-order valence-corrected chi connectivity index (χ3v) is 3.07. The number of nitrogens with two attached hydrogens (primary N) is 1. The quantitative estimate of drug-likeness (QED) is 0.755. The lowest BCUT2D eigenvalue weighted by Gasteiger charge is -2.13. The fourth-order valence-corrected chi connectivity index (χ4v) is 2.15. The SMILES string of the molecule is Nc1nc(F)nc2c1ncn2[C@H]1C[C@H](F)[C@@H](CO)O1. The largest absolute Gasteiger partial charge is 0.394 e. The number of hydrogen-bond acceptors (Lipinski definition) is 6. The lowest BCUT2D eigenvalue weighted by molar-refractivity contribution is -0.0323. The molecule has 1 saturated heterocycles. The number of nitrogens with zero attached hydrogens (tertiary/aromatic N) is 4. The van der Waals surface area contributed by atoms with Crippen molar-refractivity contribution in [2.24, 2.45) is 0 Å². The Balaban J connectivity index is 2.02. The number of alkyl halides is 1. The van der Waals surface area contributed by atoms with Crippen LogP contribution >= 0.6 is 0 Å². The summed E-state index contributed by atoms with van der Waals surface area (Å²) in [5, 5.41) is 8.96. The lowest BCUT2D eigenvalue weighted by Crippen LogP contribution is -2.21. The molecule has 3 heterocycles. The first-order valence-corrected chi connectivity index (χ1v) is 5.66. The minimum absolute atomic E-state index is 0.0300. The molecular weight excluding hydrogens is 260 g/mol. The molecule has 0 bridgehead atoms. The Bertz CT molecular complexity index is 619. The molecule has 1 fully saturated rings. The minimum Gasteiger partial charge on any atom is -0.394 e. The van der Waals surface area contributed by atoms with Gasteiger partial charge in [-0.15, -0.1) is 0 Å². The van der Waals surface area contributed by atoms with Gasteiger partial charge in [-0.2, -0.15) is 14.4 Å². The van der Waals surface area contributed by atoms with E-state index in [1.54, 1.807) is 0 Å². The van der Waals surface area contributed by atoms with E-state index in [9.17, 15) is 8.78 Å². The molecule has 9 heteroatoms. The summed E-state index contributed by atoms with van der Waals surface area (Å²) in [6, 6.07) is 0. The second-order valence-electron chi connectivity index (χ2n) is 4.27. The van der Waals surface area contributed by atoms with E-state index in [-0.39, 0.29) is 23.4 Å². The normalized spacial score (nSPS) is 27.2. The van der Waals surface area contributed by atoms with Gasteiger partial charge in [0, 0.05) is 6.42 Å². The van der Waals surface area contributed by atoms with Crippen LogP contribution in [0.2, 0.25) is 0 Å². The van der Waals surface area contributed by atoms with Gasteiger partial charge in [0.1, 0.15) is 18.5 Å². The molecule has 102 valence electrons. The van der Waals surface area contributed by atoms with Gasteiger partial charge in [0.2, 0.25) is 0 Å². The number of imidazole rings is 1. The van der Waals surface area contributed by atoms with Crippen LogP contribution in [0.1, 0.15) is 12.6 Å². The van der Waals surface area contributed by atoms with Crippen LogP contribution in [0.25, 0.3) is 11.2 Å². The van der Waals surface area contributed by atoms with E-state index in [1.165, 1.54) is 10.9 Å². The predicted molar refractivity (Wildman–Crippen MR) is 60.2 cm³/mol. The molecule has 2 aromatic rings. The smallest absolute Gasteiger partial charge is 0.312 e. The van der Waals surface area contributed by atoms with E-state index in [4.69, 9.17) is 15.6 Å². The summed E-state index contributed by atoms with van der Waals surface area (Å²) in [6.45, 7) is -0.421. The van der Waals surface area contributed by atoms with Gasteiger partial charge < -0.3 is 15.6 Å². The number of ether oxygens (including phenoxy) is 1. The second-order valence-corrected chi connectivity index (χ2v) is 4.27. The molecule has 1 aliphatic heterocycles. The van der Waals surface area contributed by atoms with Crippen LogP contribution in [0.3, 0.4) is 0 Å². The Morgan fingerprint density at radius 2 is 2.32 bits per heavy atom. The number of fused-ring (bicyclic) bond motifs is 1. The van der Waals surface area contributed by atoms with Gasteiger partial charge in [-0.05, 0) is 0 Å². The monoisotopic (exact) mass is 271 g/mol. The Hall–Kier alpha value is -1.87. The summed E-state index contributed by atoms with van der Waals surface area (Å²) in [6.07, 6.45) is -2.51. The van der Waals surface area contributed by atoms with E-state index in [2.05, 4.69) is 15.0 Å². The van der Waals surface area contributed by atoms with Gasteiger partial charge in [0.15, 0.2) is 17.0 Å². The molecule has 0 radical (unpaired) electrons. The topological polar surface area (TPSA) is 99.1 Å². The zero-order chi connectivity index (χ0) is 13.6. The van der Waals surface area contributed by atoms with Crippen molar-refractivity contribution in [3.63, 3.8) is 0 Å². The first-order chi connectivity index (χ1) is 9.10.